The lowest BCUT2D eigenvalue weighted by molar-refractivity contribution is 1.07. The zero-order valence-corrected chi connectivity index (χ0v) is 8.54. The molecule has 2 N–H and O–H groups in total. The maximum Gasteiger partial charge on any atom is 0.150 e. The molecule has 0 unspecified atom stereocenters. The lowest BCUT2D eigenvalue weighted by Gasteiger charge is -2.02. The van der Waals surface area contributed by atoms with Crippen molar-refractivity contribution in [1.82, 2.24) is 9.97 Å². The van der Waals surface area contributed by atoms with E-state index in [1.165, 1.54) is 0 Å². The van der Waals surface area contributed by atoms with Crippen molar-refractivity contribution in [2.45, 2.75) is 13.5 Å². The predicted molar refractivity (Wildman–Crippen MR) is 57.2 cm³/mol. The van der Waals surface area contributed by atoms with Gasteiger partial charge in [-0.3, -0.25) is 0 Å². The summed E-state index contributed by atoms with van der Waals surface area (Å²) in [5.74, 6) is 0. The van der Waals surface area contributed by atoms with Crippen LogP contribution in [0.4, 0.5) is 0 Å². The van der Waals surface area contributed by atoms with E-state index in [2.05, 4.69) is 9.97 Å². The summed E-state index contributed by atoms with van der Waals surface area (Å²) in [5.41, 5.74) is 8.96. The lowest BCUT2D eigenvalue weighted by atomic mass is 10.2. The van der Waals surface area contributed by atoms with Gasteiger partial charge in [0.15, 0.2) is 5.15 Å². The monoisotopic (exact) mass is 207 g/mol. The minimum atomic E-state index is 0.451. The van der Waals surface area contributed by atoms with Crippen LogP contribution in [0.5, 0.6) is 0 Å². The van der Waals surface area contributed by atoms with Gasteiger partial charge in [-0.15, -0.1) is 0 Å². The molecule has 0 radical (unpaired) electrons. The van der Waals surface area contributed by atoms with Crippen molar-refractivity contribution in [3.8, 4) is 0 Å². The quantitative estimate of drug-likeness (QED) is 0.779. The molecule has 72 valence electrons. The maximum atomic E-state index is 5.88. The first-order valence-electron chi connectivity index (χ1n) is 4.33. The van der Waals surface area contributed by atoms with Gasteiger partial charge in [-0.1, -0.05) is 17.7 Å². The van der Waals surface area contributed by atoms with Crippen LogP contribution in [-0.2, 0) is 6.54 Å². The van der Waals surface area contributed by atoms with E-state index >= 15 is 0 Å². The molecule has 2 rings (SSSR count). The molecule has 1 heterocycles. The Labute approximate surface area is 86.9 Å². The van der Waals surface area contributed by atoms with Crippen LogP contribution in [0, 0.1) is 6.92 Å². The zero-order valence-electron chi connectivity index (χ0n) is 7.79. The second-order valence-electron chi connectivity index (χ2n) is 3.13. The molecule has 14 heavy (non-hydrogen) atoms. The van der Waals surface area contributed by atoms with Crippen LogP contribution in [0.25, 0.3) is 11.0 Å². The van der Waals surface area contributed by atoms with Gasteiger partial charge in [0, 0.05) is 6.54 Å². The fourth-order valence-electron chi connectivity index (χ4n) is 1.29. The fraction of sp³-hybridized carbons (Fsp3) is 0.200. The third-order valence-corrected chi connectivity index (χ3v) is 2.44. The highest BCUT2D eigenvalue weighted by molar-refractivity contribution is 6.30. The third kappa shape index (κ3) is 1.56. The Morgan fingerprint density at radius 2 is 2.07 bits per heavy atom. The number of hydrogen-bond acceptors (Lipinski definition) is 3. The Hall–Kier alpha value is -1.19. The molecule has 0 atom stereocenters. The van der Waals surface area contributed by atoms with Crippen LogP contribution >= 0.6 is 11.6 Å². The average molecular weight is 208 g/mol. The maximum absolute atomic E-state index is 5.88. The topological polar surface area (TPSA) is 51.8 Å². The predicted octanol–water partition coefficient (Wildman–Crippen LogP) is 2.05. The molecule has 3 nitrogen and oxygen atoms in total. The SMILES string of the molecule is Cc1nc2ccc(CN)cc2nc1Cl. The Balaban J connectivity index is 2.70. The normalized spacial score (nSPS) is 10.8. The van der Waals surface area contributed by atoms with E-state index < -0.39 is 0 Å². The summed E-state index contributed by atoms with van der Waals surface area (Å²) in [5, 5.41) is 0.451. The molecule has 0 aliphatic carbocycles. The summed E-state index contributed by atoms with van der Waals surface area (Å²) in [6.07, 6.45) is 0. The fourth-order valence-corrected chi connectivity index (χ4v) is 1.43. The molecule has 0 saturated heterocycles. The Morgan fingerprint density at radius 3 is 2.79 bits per heavy atom. The highest BCUT2D eigenvalue weighted by Crippen LogP contribution is 2.17. The molecule has 4 heteroatoms. The molecular weight excluding hydrogens is 198 g/mol. The Morgan fingerprint density at radius 1 is 1.29 bits per heavy atom. The number of halogens is 1. The standard InChI is InChI=1S/C10H10ClN3/c1-6-10(11)14-9-4-7(5-12)2-3-8(9)13-6/h2-4H,5,12H2,1H3. The summed E-state index contributed by atoms with van der Waals surface area (Å²) in [7, 11) is 0. The summed E-state index contributed by atoms with van der Waals surface area (Å²) < 4.78 is 0. The molecular formula is C10H10ClN3. The van der Waals surface area contributed by atoms with Gasteiger partial charge >= 0.3 is 0 Å². The number of rotatable bonds is 1. The second kappa shape index (κ2) is 3.52. The van der Waals surface area contributed by atoms with Crippen LogP contribution in [0.1, 0.15) is 11.3 Å². The number of aryl methyl sites for hydroxylation is 1. The number of fused-ring (bicyclic) bond motifs is 1. The van der Waals surface area contributed by atoms with E-state index in [1.54, 1.807) is 0 Å². The van der Waals surface area contributed by atoms with Crippen LogP contribution in [0.2, 0.25) is 5.15 Å². The van der Waals surface area contributed by atoms with Crippen molar-refractivity contribution in [1.29, 1.82) is 0 Å². The Kier molecular flexibility index (Phi) is 2.35. The molecule has 0 spiro atoms. The summed E-state index contributed by atoms with van der Waals surface area (Å²) >= 11 is 5.88. The number of nitrogens with two attached hydrogens (primary N) is 1. The van der Waals surface area contributed by atoms with E-state index in [-0.39, 0.29) is 0 Å². The van der Waals surface area contributed by atoms with Crippen molar-refractivity contribution < 1.29 is 0 Å². The van der Waals surface area contributed by atoms with E-state index in [9.17, 15) is 0 Å². The minimum absolute atomic E-state index is 0.451. The van der Waals surface area contributed by atoms with Crippen molar-refractivity contribution in [3.05, 3.63) is 34.6 Å². The zero-order chi connectivity index (χ0) is 10.1. The number of nitrogens with zero attached hydrogens (tertiary/aromatic N) is 2. The molecule has 0 bridgehead atoms. The first-order valence-corrected chi connectivity index (χ1v) is 4.71. The van der Waals surface area contributed by atoms with Gasteiger partial charge in [-0.25, -0.2) is 9.97 Å². The molecule has 0 saturated carbocycles. The van der Waals surface area contributed by atoms with E-state index in [1.807, 2.05) is 25.1 Å². The van der Waals surface area contributed by atoms with Gasteiger partial charge in [0.05, 0.1) is 16.7 Å². The molecule has 2 aromatic rings. The van der Waals surface area contributed by atoms with E-state index in [4.69, 9.17) is 17.3 Å². The van der Waals surface area contributed by atoms with E-state index in [0.717, 1.165) is 22.3 Å². The second-order valence-corrected chi connectivity index (χ2v) is 3.49. The largest absolute Gasteiger partial charge is 0.326 e. The van der Waals surface area contributed by atoms with Gasteiger partial charge in [0.1, 0.15) is 0 Å². The summed E-state index contributed by atoms with van der Waals surface area (Å²) in [6.45, 7) is 2.34. The van der Waals surface area contributed by atoms with Crippen LogP contribution in [0.15, 0.2) is 18.2 Å². The number of benzene rings is 1. The summed E-state index contributed by atoms with van der Waals surface area (Å²) in [4.78, 5) is 8.55. The molecule has 0 aliphatic heterocycles. The number of hydrogen-bond donors (Lipinski definition) is 1. The summed E-state index contributed by atoms with van der Waals surface area (Å²) in [6, 6.07) is 5.77. The van der Waals surface area contributed by atoms with Crippen molar-refractivity contribution in [3.63, 3.8) is 0 Å². The minimum Gasteiger partial charge on any atom is -0.326 e. The van der Waals surface area contributed by atoms with Gasteiger partial charge in [-0.05, 0) is 24.6 Å². The molecule has 1 aromatic heterocycles. The highest BCUT2D eigenvalue weighted by Gasteiger charge is 2.02. The van der Waals surface area contributed by atoms with Crippen LogP contribution < -0.4 is 5.73 Å². The molecule has 0 amide bonds. The van der Waals surface area contributed by atoms with Gasteiger partial charge in [0.2, 0.25) is 0 Å². The van der Waals surface area contributed by atoms with Gasteiger partial charge in [-0.2, -0.15) is 0 Å². The van der Waals surface area contributed by atoms with Crippen LogP contribution in [-0.4, -0.2) is 9.97 Å². The highest BCUT2D eigenvalue weighted by atomic mass is 35.5. The Bertz CT molecular complexity index is 482. The lowest BCUT2D eigenvalue weighted by Crippen LogP contribution is -1.97. The first-order chi connectivity index (χ1) is 6.70. The van der Waals surface area contributed by atoms with Crippen LogP contribution in [0.3, 0.4) is 0 Å². The van der Waals surface area contributed by atoms with E-state index in [0.29, 0.717) is 11.7 Å². The van der Waals surface area contributed by atoms with Crippen molar-refractivity contribution >= 4 is 22.6 Å². The first kappa shape index (κ1) is 9.37. The third-order valence-electron chi connectivity index (χ3n) is 2.08. The molecule has 0 aliphatic rings. The van der Waals surface area contributed by atoms with Gasteiger partial charge in [0.25, 0.3) is 0 Å². The smallest absolute Gasteiger partial charge is 0.150 e. The average Bonchev–Trinajstić information content (AvgIpc) is 2.19. The molecule has 1 aromatic carbocycles. The number of aromatic nitrogens is 2. The van der Waals surface area contributed by atoms with Crippen molar-refractivity contribution in [2.24, 2.45) is 5.73 Å². The van der Waals surface area contributed by atoms with Gasteiger partial charge < -0.3 is 5.73 Å². The molecule has 0 fully saturated rings. The van der Waals surface area contributed by atoms with Crippen molar-refractivity contribution in [2.75, 3.05) is 0 Å².